The van der Waals surface area contributed by atoms with Crippen LogP contribution >= 0.6 is 23.8 Å². The summed E-state index contributed by atoms with van der Waals surface area (Å²) >= 11 is 10.9. The van der Waals surface area contributed by atoms with Crippen molar-refractivity contribution in [1.29, 1.82) is 0 Å². The molecule has 1 rings (SSSR count). The summed E-state index contributed by atoms with van der Waals surface area (Å²) in [5.41, 5.74) is 5.28. The van der Waals surface area contributed by atoms with Gasteiger partial charge in [0.2, 0.25) is 5.91 Å². The van der Waals surface area contributed by atoms with E-state index in [0.717, 1.165) is 5.69 Å². The molecule has 0 unspecified atom stereocenters. The van der Waals surface area contributed by atoms with Crippen LogP contribution in [0, 0.1) is 0 Å². The topological polar surface area (TPSA) is 91.5 Å². The van der Waals surface area contributed by atoms with Crippen LogP contribution in [0.25, 0.3) is 0 Å². The molecule has 0 aliphatic heterocycles. The Balaban J connectivity index is 2.15. The van der Waals surface area contributed by atoms with Gasteiger partial charge in [0.1, 0.15) is 5.60 Å². The van der Waals surface area contributed by atoms with E-state index in [0.29, 0.717) is 18.0 Å². The Hall–Kier alpha value is -2.06. The zero-order chi connectivity index (χ0) is 18.9. The van der Waals surface area contributed by atoms with Crippen molar-refractivity contribution in [2.45, 2.75) is 39.2 Å². The molecule has 0 fully saturated rings. The second-order valence-electron chi connectivity index (χ2n) is 6.17. The third-order valence-electron chi connectivity index (χ3n) is 2.67. The average molecular weight is 387 g/mol. The molecule has 0 atom stereocenters. The van der Waals surface area contributed by atoms with Crippen molar-refractivity contribution >= 4 is 46.6 Å². The number of anilines is 1. The number of carbonyl (C=O) groups is 2. The van der Waals surface area contributed by atoms with Crippen molar-refractivity contribution in [3.63, 3.8) is 0 Å². The molecule has 0 bridgehead atoms. The van der Waals surface area contributed by atoms with Crippen molar-refractivity contribution in [1.82, 2.24) is 16.2 Å². The zero-order valence-electron chi connectivity index (χ0n) is 14.4. The average Bonchev–Trinajstić information content (AvgIpc) is 2.50. The molecule has 0 aliphatic rings. The van der Waals surface area contributed by atoms with Crippen LogP contribution in [-0.2, 0) is 9.53 Å². The van der Waals surface area contributed by atoms with E-state index in [2.05, 4.69) is 21.5 Å². The van der Waals surface area contributed by atoms with Crippen LogP contribution in [0.15, 0.2) is 24.3 Å². The van der Waals surface area contributed by atoms with Crippen molar-refractivity contribution in [2.75, 3.05) is 11.9 Å². The molecule has 0 radical (unpaired) electrons. The van der Waals surface area contributed by atoms with Gasteiger partial charge in [0.05, 0.1) is 0 Å². The van der Waals surface area contributed by atoms with E-state index < -0.39 is 11.7 Å². The van der Waals surface area contributed by atoms with E-state index in [4.69, 9.17) is 28.6 Å². The van der Waals surface area contributed by atoms with E-state index in [-0.39, 0.29) is 17.4 Å². The number of ether oxygens (including phenoxy) is 1. The molecule has 0 saturated carbocycles. The fourth-order valence-electron chi connectivity index (χ4n) is 1.64. The summed E-state index contributed by atoms with van der Waals surface area (Å²) in [5.74, 6) is -0.244. The highest BCUT2D eigenvalue weighted by molar-refractivity contribution is 7.80. The fourth-order valence-corrected chi connectivity index (χ4v) is 1.93. The van der Waals surface area contributed by atoms with Gasteiger partial charge in [-0.05, 0) is 63.7 Å². The predicted molar refractivity (Wildman–Crippen MR) is 102 cm³/mol. The standard InChI is InChI=1S/C16H23ClN4O3S/c1-16(2,3)24-15(23)18-10-4-5-13(22)20-21-14(25)19-12-8-6-11(17)7-9-12/h6-9H,4-5,10H2,1-3H3,(H,18,23)(H,20,22)(H2,19,21,25). The largest absolute Gasteiger partial charge is 0.444 e. The molecule has 1 aromatic carbocycles. The Morgan fingerprint density at radius 1 is 1.16 bits per heavy atom. The maximum absolute atomic E-state index is 11.7. The highest BCUT2D eigenvalue weighted by Crippen LogP contribution is 2.13. The number of thiocarbonyl (C=S) groups is 1. The molecule has 0 aromatic heterocycles. The lowest BCUT2D eigenvalue weighted by molar-refractivity contribution is -0.121. The molecule has 25 heavy (non-hydrogen) atoms. The number of benzene rings is 1. The molecule has 9 heteroatoms. The zero-order valence-corrected chi connectivity index (χ0v) is 16.0. The second-order valence-corrected chi connectivity index (χ2v) is 7.01. The van der Waals surface area contributed by atoms with Gasteiger partial charge in [-0.15, -0.1) is 0 Å². The van der Waals surface area contributed by atoms with E-state index in [1.54, 1.807) is 45.0 Å². The Labute approximate surface area is 157 Å². The molecular weight excluding hydrogens is 364 g/mol. The molecular formula is C16H23ClN4O3S. The van der Waals surface area contributed by atoms with Gasteiger partial charge in [-0.1, -0.05) is 11.6 Å². The van der Waals surface area contributed by atoms with Crippen LogP contribution in [0.3, 0.4) is 0 Å². The number of hydrazine groups is 1. The van der Waals surface area contributed by atoms with Crippen LogP contribution in [-0.4, -0.2) is 29.3 Å². The van der Waals surface area contributed by atoms with Gasteiger partial charge in [-0.25, -0.2) is 4.79 Å². The Kier molecular flexibility index (Phi) is 8.44. The van der Waals surface area contributed by atoms with Crippen molar-refractivity contribution in [3.8, 4) is 0 Å². The minimum absolute atomic E-state index is 0.229. The third kappa shape index (κ3) is 10.4. The highest BCUT2D eigenvalue weighted by Gasteiger charge is 2.15. The molecule has 138 valence electrons. The fraction of sp³-hybridized carbons (Fsp3) is 0.438. The molecule has 0 heterocycles. The summed E-state index contributed by atoms with van der Waals surface area (Å²) in [6, 6.07) is 6.98. The van der Waals surface area contributed by atoms with Crippen molar-refractivity contribution in [3.05, 3.63) is 29.3 Å². The molecule has 1 aromatic rings. The van der Waals surface area contributed by atoms with E-state index in [1.807, 2.05) is 0 Å². The maximum Gasteiger partial charge on any atom is 0.407 e. The summed E-state index contributed by atoms with van der Waals surface area (Å²) in [7, 11) is 0. The van der Waals surface area contributed by atoms with E-state index in [9.17, 15) is 9.59 Å². The number of carbonyl (C=O) groups excluding carboxylic acids is 2. The van der Waals surface area contributed by atoms with Crippen molar-refractivity contribution < 1.29 is 14.3 Å². The first-order valence-electron chi connectivity index (χ1n) is 7.74. The molecule has 0 aliphatic carbocycles. The molecule has 2 amide bonds. The first kappa shape index (κ1) is 21.0. The van der Waals surface area contributed by atoms with Crippen LogP contribution in [0.2, 0.25) is 5.02 Å². The highest BCUT2D eigenvalue weighted by atomic mass is 35.5. The number of amides is 2. The van der Waals surface area contributed by atoms with Gasteiger partial charge in [0, 0.05) is 23.7 Å². The number of alkyl carbamates (subject to hydrolysis) is 1. The Morgan fingerprint density at radius 2 is 1.80 bits per heavy atom. The predicted octanol–water partition coefficient (Wildman–Crippen LogP) is 2.96. The third-order valence-corrected chi connectivity index (χ3v) is 3.12. The second kappa shape index (κ2) is 10.0. The minimum atomic E-state index is -0.543. The number of halogens is 1. The lowest BCUT2D eigenvalue weighted by atomic mass is 10.2. The summed E-state index contributed by atoms with van der Waals surface area (Å²) in [6.45, 7) is 5.70. The SMILES string of the molecule is CC(C)(C)OC(=O)NCCCC(=O)NNC(=S)Nc1ccc(Cl)cc1. The van der Waals surface area contributed by atoms with Gasteiger partial charge in [0.15, 0.2) is 5.11 Å². The number of hydrogen-bond acceptors (Lipinski definition) is 4. The smallest absolute Gasteiger partial charge is 0.407 e. The van der Waals surface area contributed by atoms with Crippen LogP contribution in [0.5, 0.6) is 0 Å². The van der Waals surface area contributed by atoms with E-state index in [1.165, 1.54) is 0 Å². The van der Waals surface area contributed by atoms with Gasteiger partial charge in [0.25, 0.3) is 0 Å². The maximum atomic E-state index is 11.7. The van der Waals surface area contributed by atoms with Crippen LogP contribution in [0.1, 0.15) is 33.6 Å². The van der Waals surface area contributed by atoms with Gasteiger partial charge >= 0.3 is 6.09 Å². The van der Waals surface area contributed by atoms with Gasteiger partial charge < -0.3 is 15.4 Å². The first-order valence-corrected chi connectivity index (χ1v) is 8.52. The van der Waals surface area contributed by atoms with Gasteiger partial charge in [-0.3, -0.25) is 15.6 Å². The summed E-state index contributed by atoms with van der Waals surface area (Å²) in [6.07, 6.45) is 0.204. The summed E-state index contributed by atoms with van der Waals surface area (Å²) < 4.78 is 5.09. The summed E-state index contributed by atoms with van der Waals surface area (Å²) in [5, 5.41) is 6.36. The number of hydrogen-bond donors (Lipinski definition) is 4. The number of nitrogens with one attached hydrogen (secondary N) is 4. The monoisotopic (exact) mass is 386 g/mol. The van der Waals surface area contributed by atoms with Crippen molar-refractivity contribution in [2.24, 2.45) is 0 Å². The lowest BCUT2D eigenvalue weighted by Gasteiger charge is -2.19. The Morgan fingerprint density at radius 3 is 2.40 bits per heavy atom. The molecule has 7 nitrogen and oxygen atoms in total. The number of rotatable bonds is 5. The minimum Gasteiger partial charge on any atom is -0.444 e. The van der Waals surface area contributed by atoms with Crippen LogP contribution in [0.4, 0.5) is 10.5 Å². The quantitative estimate of drug-likeness (QED) is 0.353. The molecule has 4 N–H and O–H groups in total. The van der Waals surface area contributed by atoms with Crippen LogP contribution < -0.4 is 21.5 Å². The Bertz CT molecular complexity index is 602. The molecule has 0 spiro atoms. The first-order chi connectivity index (χ1) is 11.7. The molecule has 0 saturated heterocycles. The lowest BCUT2D eigenvalue weighted by Crippen LogP contribution is -2.43. The van der Waals surface area contributed by atoms with Gasteiger partial charge in [-0.2, -0.15) is 0 Å². The van der Waals surface area contributed by atoms with E-state index >= 15 is 0 Å². The summed E-state index contributed by atoms with van der Waals surface area (Å²) in [4.78, 5) is 23.1. The normalized spacial score (nSPS) is 10.6.